The molecule has 0 saturated carbocycles. The highest BCUT2D eigenvalue weighted by Crippen LogP contribution is 2.52. The molecule has 1 N–H and O–H groups in total. The number of rotatable bonds is 2. The molecule has 0 fully saturated rings. The molecule has 0 unspecified atom stereocenters. The van der Waals surface area contributed by atoms with Gasteiger partial charge in [0.25, 0.3) is 0 Å². The third-order valence-corrected chi connectivity index (χ3v) is 6.73. The topological polar surface area (TPSA) is 78.1 Å². The van der Waals surface area contributed by atoms with E-state index in [1.807, 2.05) is 66.7 Å². The zero-order valence-electron chi connectivity index (χ0n) is 20.1. The lowest BCUT2D eigenvalue weighted by Gasteiger charge is -2.27. The Labute approximate surface area is 213 Å². The second kappa shape index (κ2) is 9.39. The van der Waals surface area contributed by atoms with Crippen molar-refractivity contribution >= 4 is 11.0 Å². The number of benzene rings is 4. The molecule has 6 heteroatoms. The van der Waals surface area contributed by atoms with Gasteiger partial charge in [0.1, 0.15) is 40.9 Å². The van der Waals surface area contributed by atoms with Gasteiger partial charge < -0.3 is 23.7 Å². The molecule has 5 aromatic rings. The van der Waals surface area contributed by atoms with Gasteiger partial charge in [-0.1, -0.05) is 48.5 Å². The average Bonchev–Trinajstić information content (AvgIpc) is 3.32. The van der Waals surface area contributed by atoms with Crippen LogP contribution in [0.1, 0.15) is 23.1 Å². The molecule has 0 saturated heterocycles. The summed E-state index contributed by atoms with van der Waals surface area (Å²) < 4.78 is 22.6. The lowest BCUT2D eigenvalue weighted by Crippen LogP contribution is -2.22. The van der Waals surface area contributed by atoms with Crippen LogP contribution in [-0.2, 0) is 0 Å². The van der Waals surface area contributed by atoms with Crippen LogP contribution in [0.4, 0.5) is 0 Å². The molecule has 0 radical (unpaired) electrons. The number of phenolic OH excluding ortho intramolecular Hbond substituents is 1. The Morgan fingerprint density at radius 3 is 2.49 bits per heavy atom. The van der Waals surface area contributed by atoms with E-state index in [2.05, 4.69) is 0 Å². The monoisotopic (exact) mass is 492 g/mol. The van der Waals surface area contributed by atoms with E-state index >= 15 is 0 Å². The van der Waals surface area contributed by atoms with Crippen molar-refractivity contribution in [1.29, 1.82) is 0 Å². The molecule has 0 aliphatic carbocycles. The Morgan fingerprint density at radius 1 is 0.865 bits per heavy atom. The van der Waals surface area contributed by atoms with Crippen molar-refractivity contribution in [3.8, 4) is 34.1 Å². The van der Waals surface area contributed by atoms with Crippen LogP contribution in [0, 0.1) is 0 Å². The first kappa shape index (κ1) is 22.7. The minimum Gasteiger partial charge on any atom is -0.508 e. The van der Waals surface area contributed by atoms with E-state index in [9.17, 15) is 9.90 Å². The zero-order valence-corrected chi connectivity index (χ0v) is 20.1. The lowest BCUT2D eigenvalue weighted by atomic mass is 9.89. The zero-order chi connectivity index (χ0) is 25.4. The fourth-order valence-electron chi connectivity index (χ4n) is 4.85. The quantitative estimate of drug-likeness (QED) is 0.304. The van der Waals surface area contributed by atoms with Gasteiger partial charge in [0.05, 0.1) is 30.6 Å². The molecule has 1 aromatic heterocycles. The molecule has 0 spiro atoms. The van der Waals surface area contributed by atoms with Crippen LogP contribution in [0.15, 0.2) is 106 Å². The van der Waals surface area contributed by atoms with E-state index in [1.54, 1.807) is 31.4 Å². The first-order valence-electron chi connectivity index (χ1n) is 12.0. The van der Waals surface area contributed by atoms with E-state index in [4.69, 9.17) is 18.6 Å². The van der Waals surface area contributed by atoms with Gasteiger partial charge in [-0.25, -0.2) is 0 Å². The van der Waals surface area contributed by atoms with Crippen molar-refractivity contribution in [2.75, 3.05) is 13.7 Å². The van der Waals surface area contributed by atoms with Crippen molar-refractivity contribution in [3.05, 3.63) is 119 Å². The molecular weight excluding hydrogens is 468 g/mol. The maximum absolute atomic E-state index is 12.3. The van der Waals surface area contributed by atoms with Gasteiger partial charge in [0.2, 0.25) is 0 Å². The van der Waals surface area contributed by atoms with E-state index in [-0.39, 0.29) is 23.2 Å². The van der Waals surface area contributed by atoms with Crippen LogP contribution in [0.25, 0.3) is 22.1 Å². The summed E-state index contributed by atoms with van der Waals surface area (Å²) in [5.41, 5.74) is 4.25. The maximum Gasteiger partial charge on any atom is 0.200 e. The maximum atomic E-state index is 12.3. The van der Waals surface area contributed by atoms with Crippen molar-refractivity contribution in [3.63, 3.8) is 0 Å². The van der Waals surface area contributed by atoms with Crippen molar-refractivity contribution < 1.29 is 23.7 Å². The van der Waals surface area contributed by atoms with E-state index in [0.29, 0.717) is 28.9 Å². The van der Waals surface area contributed by atoms with Crippen LogP contribution in [0.3, 0.4) is 0 Å². The van der Waals surface area contributed by atoms with Crippen LogP contribution < -0.4 is 19.6 Å². The lowest BCUT2D eigenvalue weighted by molar-refractivity contribution is 0.139. The third kappa shape index (κ3) is 4.16. The van der Waals surface area contributed by atoms with Gasteiger partial charge >= 0.3 is 0 Å². The fourth-order valence-corrected chi connectivity index (χ4v) is 4.85. The molecule has 0 bridgehead atoms. The SMILES string of the molecule is COc1ccc2c(c1)O[C@H]1c3ccc(O)cc3OC[C@@H]21.O=c1c(-c2ccccc2)coc2ccccc12. The van der Waals surface area contributed by atoms with Crippen molar-refractivity contribution in [2.45, 2.75) is 12.0 Å². The standard InChI is InChI=1S/C16H14O4.C15H10O2/c1-18-10-3-5-11-13-8-19-14-6-9(17)2-4-12(14)16(13)20-15(11)7-10;16-15-12-8-4-5-9-14(12)17-10-13(15)11-6-2-1-3-7-11/h2-7,13,16-17H,8H2,1H3;1-10H/t13-,16-;/m0./s1. The summed E-state index contributed by atoms with van der Waals surface area (Å²) >= 11 is 0. The van der Waals surface area contributed by atoms with E-state index < -0.39 is 0 Å². The number of hydrogen-bond donors (Lipinski definition) is 1. The van der Waals surface area contributed by atoms with Crippen LogP contribution in [-0.4, -0.2) is 18.8 Å². The van der Waals surface area contributed by atoms with Gasteiger partial charge in [0.15, 0.2) is 5.43 Å². The number of fused-ring (bicyclic) bond motifs is 6. The van der Waals surface area contributed by atoms with Crippen molar-refractivity contribution in [1.82, 2.24) is 0 Å². The first-order chi connectivity index (χ1) is 18.1. The van der Waals surface area contributed by atoms with Gasteiger partial charge in [-0.3, -0.25) is 4.79 Å². The number of ether oxygens (including phenoxy) is 3. The summed E-state index contributed by atoms with van der Waals surface area (Å²) in [6, 6.07) is 27.9. The van der Waals surface area contributed by atoms with Gasteiger partial charge in [-0.2, -0.15) is 0 Å². The molecule has 2 aliphatic rings. The number of aromatic hydroxyl groups is 1. The van der Waals surface area contributed by atoms with Crippen LogP contribution in [0.5, 0.6) is 23.0 Å². The summed E-state index contributed by atoms with van der Waals surface area (Å²) in [6.45, 7) is 0.556. The molecule has 4 aromatic carbocycles. The normalized spacial score (nSPS) is 16.8. The summed E-state index contributed by atoms with van der Waals surface area (Å²) in [4.78, 5) is 12.3. The number of para-hydroxylation sites is 1. The van der Waals surface area contributed by atoms with Gasteiger partial charge in [0, 0.05) is 23.3 Å². The minimum atomic E-state index is -0.0542. The molecule has 37 heavy (non-hydrogen) atoms. The average molecular weight is 493 g/mol. The van der Waals surface area contributed by atoms with Crippen LogP contribution >= 0.6 is 0 Å². The summed E-state index contributed by atoms with van der Waals surface area (Å²) in [7, 11) is 1.64. The predicted octanol–water partition coefficient (Wildman–Crippen LogP) is 6.47. The molecule has 0 amide bonds. The first-order valence-corrected chi connectivity index (χ1v) is 12.0. The minimum absolute atomic E-state index is 0.0121. The molecule has 2 atom stereocenters. The highest BCUT2D eigenvalue weighted by atomic mass is 16.5. The molecular formula is C31H24O6. The largest absolute Gasteiger partial charge is 0.508 e. The molecule has 3 heterocycles. The second-order valence-electron chi connectivity index (χ2n) is 8.92. The molecule has 7 rings (SSSR count). The van der Waals surface area contributed by atoms with Gasteiger partial charge in [-0.05, 0) is 35.9 Å². The smallest absolute Gasteiger partial charge is 0.200 e. The van der Waals surface area contributed by atoms with E-state index in [0.717, 1.165) is 28.2 Å². The third-order valence-electron chi connectivity index (χ3n) is 6.73. The predicted molar refractivity (Wildman–Crippen MR) is 141 cm³/mol. The highest BCUT2D eigenvalue weighted by molar-refractivity contribution is 5.81. The Hall–Kier alpha value is -4.71. The van der Waals surface area contributed by atoms with Crippen LogP contribution in [0.2, 0.25) is 0 Å². The number of hydrogen-bond acceptors (Lipinski definition) is 6. The molecule has 184 valence electrons. The summed E-state index contributed by atoms with van der Waals surface area (Å²) in [5, 5.41) is 10.2. The second-order valence-corrected chi connectivity index (χ2v) is 8.92. The highest BCUT2D eigenvalue weighted by Gasteiger charge is 2.40. The summed E-state index contributed by atoms with van der Waals surface area (Å²) in [6.07, 6.45) is 1.47. The molecule has 6 nitrogen and oxygen atoms in total. The van der Waals surface area contributed by atoms with Gasteiger partial charge in [-0.15, -0.1) is 0 Å². The Bertz CT molecular complexity index is 1640. The number of methoxy groups -OCH3 is 1. The Kier molecular flexibility index (Phi) is 5.77. The number of phenols is 1. The Balaban J connectivity index is 0.000000138. The summed E-state index contributed by atoms with van der Waals surface area (Å²) in [5.74, 6) is 2.73. The fraction of sp³-hybridized carbons (Fsp3) is 0.129. The van der Waals surface area contributed by atoms with E-state index in [1.165, 1.54) is 6.26 Å². The molecule has 2 aliphatic heterocycles. The van der Waals surface area contributed by atoms with Crippen molar-refractivity contribution in [2.24, 2.45) is 0 Å². The Morgan fingerprint density at radius 2 is 1.65 bits per heavy atom.